The molecular weight excluding hydrogens is 518 g/mol. The molecule has 5 rings (SSSR count). The summed E-state index contributed by atoms with van der Waals surface area (Å²) >= 11 is 0. The van der Waals surface area contributed by atoms with Gasteiger partial charge >= 0.3 is 0 Å². The molecule has 0 saturated heterocycles. The monoisotopic (exact) mass is 540 g/mol. The Balaban J connectivity index is 1.35. The number of pyridine rings is 2. The number of nitrogens with one attached hydrogen (secondary N) is 3. The summed E-state index contributed by atoms with van der Waals surface area (Å²) in [5, 5.41) is 22.5. The summed E-state index contributed by atoms with van der Waals surface area (Å²) in [5.41, 5.74) is 8.82. The number of aromatic nitrogens is 6. The van der Waals surface area contributed by atoms with E-state index < -0.39 is 23.6 Å². The summed E-state index contributed by atoms with van der Waals surface area (Å²) in [6, 6.07) is 9.74. The number of carbonyl (C=O) groups excluding carboxylic acids is 1. The number of amides is 1. The van der Waals surface area contributed by atoms with E-state index in [1.807, 2.05) is 31.2 Å². The van der Waals surface area contributed by atoms with E-state index in [1.54, 1.807) is 19.3 Å². The van der Waals surface area contributed by atoms with Gasteiger partial charge in [-0.05, 0) is 49.2 Å². The van der Waals surface area contributed by atoms with E-state index in [0.29, 0.717) is 28.1 Å². The Kier molecular flexibility index (Phi) is 6.98. The zero-order valence-corrected chi connectivity index (χ0v) is 21.3. The fraction of sp³-hybridized carbons (Fsp3) is 0.148. The van der Waals surface area contributed by atoms with Gasteiger partial charge in [-0.2, -0.15) is 10.4 Å². The summed E-state index contributed by atoms with van der Waals surface area (Å²) in [5.74, 6) is -2.11. The molecular formula is C27H22F2N10O. The molecule has 0 radical (unpaired) electrons. The van der Waals surface area contributed by atoms with Crippen molar-refractivity contribution < 1.29 is 13.6 Å². The first-order chi connectivity index (χ1) is 19.2. The van der Waals surface area contributed by atoms with Gasteiger partial charge in [0, 0.05) is 18.0 Å². The number of aromatic amines is 1. The van der Waals surface area contributed by atoms with E-state index in [1.165, 1.54) is 12.3 Å². The molecule has 13 heteroatoms. The lowest BCUT2D eigenvalue weighted by Crippen LogP contribution is -2.29. The van der Waals surface area contributed by atoms with Crippen LogP contribution in [-0.2, 0) is 0 Å². The number of nitrogen functional groups attached to an aromatic ring is 1. The van der Waals surface area contributed by atoms with Gasteiger partial charge in [-0.1, -0.05) is 12.1 Å². The molecule has 1 amide bonds. The Bertz CT molecular complexity index is 1760. The minimum Gasteiger partial charge on any atom is -0.384 e. The molecule has 0 bridgehead atoms. The zero-order chi connectivity index (χ0) is 28.4. The molecule has 0 aliphatic heterocycles. The number of hydrogen-bond acceptors (Lipinski definition) is 9. The summed E-state index contributed by atoms with van der Waals surface area (Å²) < 4.78 is 27.0. The predicted molar refractivity (Wildman–Crippen MR) is 143 cm³/mol. The van der Waals surface area contributed by atoms with Crippen molar-refractivity contribution in [3.8, 4) is 17.3 Å². The summed E-state index contributed by atoms with van der Waals surface area (Å²) in [7, 11) is 0. The Labute approximate surface area is 226 Å². The largest absolute Gasteiger partial charge is 0.384 e. The maximum atomic E-state index is 13.7. The third-order valence-corrected chi connectivity index (χ3v) is 6.27. The highest BCUT2D eigenvalue weighted by Crippen LogP contribution is 2.26. The number of H-pyrrole nitrogens is 1. The Morgan fingerprint density at radius 3 is 2.52 bits per heavy atom. The minimum atomic E-state index is -1.02. The average Bonchev–Trinajstić information content (AvgIpc) is 3.34. The number of halogens is 2. The highest BCUT2D eigenvalue weighted by atomic mass is 19.2. The molecule has 2 unspecified atom stereocenters. The van der Waals surface area contributed by atoms with Gasteiger partial charge in [-0.25, -0.2) is 23.7 Å². The normalized spacial score (nSPS) is 12.5. The van der Waals surface area contributed by atoms with Gasteiger partial charge in [0.1, 0.15) is 11.9 Å². The number of nitrogens with zero attached hydrogens (tertiary/aromatic N) is 6. The van der Waals surface area contributed by atoms with E-state index in [-0.39, 0.29) is 23.2 Å². The van der Waals surface area contributed by atoms with E-state index in [9.17, 15) is 18.8 Å². The first-order valence-corrected chi connectivity index (χ1v) is 12.1. The molecule has 200 valence electrons. The van der Waals surface area contributed by atoms with Gasteiger partial charge in [0.25, 0.3) is 5.91 Å². The van der Waals surface area contributed by atoms with Crippen molar-refractivity contribution in [2.45, 2.75) is 25.9 Å². The van der Waals surface area contributed by atoms with Crippen LogP contribution >= 0.6 is 0 Å². The van der Waals surface area contributed by atoms with Gasteiger partial charge in [0.2, 0.25) is 0 Å². The van der Waals surface area contributed by atoms with E-state index >= 15 is 0 Å². The fourth-order valence-electron chi connectivity index (χ4n) is 4.02. The molecule has 1 aromatic carbocycles. The molecule has 4 heterocycles. The van der Waals surface area contributed by atoms with E-state index in [2.05, 4.69) is 40.8 Å². The van der Waals surface area contributed by atoms with Crippen molar-refractivity contribution >= 4 is 28.6 Å². The second-order valence-electron chi connectivity index (χ2n) is 9.01. The van der Waals surface area contributed by atoms with Crippen molar-refractivity contribution in [1.82, 2.24) is 35.5 Å². The van der Waals surface area contributed by atoms with Gasteiger partial charge in [-0.15, -0.1) is 0 Å². The van der Waals surface area contributed by atoms with Crippen LogP contribution in [0.2, 0.25) is 0 Å². The van der Waals surface area contributed by atoms with Crippen molar-refractivity contribution in [3.63, 3.8) is 0 Å². The number of anilines is 2. The van der Waals surface area contributed by atoms with E-state index in [4.69, 9.17) is 5.73 Å². The van der Waals surface area contributed by atoms with Gasteiger partial charge in [0.15, 0.2) is 34.5 Å². The highest BCUT2D eigenvalue weighted by molar-refractivity contribution is 5.97. The second-order valence-corrected chi connectivity index (χ2v) is 9.01. The standard InChI is InChI=1S/C27H22F2N10O/c1-13(15-3-5-20(28)21(29)8-15)36-27(40)23-26(34-12-18(9-30)37-23)35-14(2)16-4-6-22(32-10-16)17-7-19-24(31)38-39-25(19)33-11-17/h3-8,10-14H,1-2H3,(H,34,35)(H,36,40)(H3,31,33,38,39). The quantitative estimate of drug-likeness (QED) is 0.236. The second kappa shape index (κ2) is 10.7. The van der Waals surface area contributed by atoms with Crippen LogP contribution in [0.5, 0.6) is 0 Å². The number of fused-ring (bicyclic) bond motifs is 1. The van der Waals surface area contributed by atoms with Crippen molar-refractivity contribution in [2.75, 3.05) is 11.1 Å². The van der Waals surface area contributed by atoms with Crippen LogP contribution in [0.1, 0.15) is 53.2 Å². The first-order valence-electron chi connectivity index (χ1n) is 12.1. The number of nitrogens with two attached hydrogens (primary N) is 1. The van der Waals surface area contributed by atoms with Gasteiger partial charge < -0.3 is 16.4 Å². The van der Waals surface area contributed by atoms with Crippen LogP contribution in [0.15, 0.2) is 55.0 Å². The fourth-order valence-corrected chi connectivity index (χ4v) is 4.02. The van der Waals surface area contributed by atoms with Crippen molar-refractivity contribution in [1.29, 1.82) is 5.26 Å². The number of hydrogen-bond donors (Lipinski definition) is 4. The molecule has 0 saturated carbocycles. The Hall–Kier alpha value is -5.51. The highest BCUT2D eigenvalue weighted by Gasteiger charge is 2.21. The maximum Gasteiger partial charge on any atom is 0.274 e. The van der Waals surface area contributed by atoms with Crippen LogP contribution < -0.4 is 16.4 Å². The summed E-state index contributed by atoms with van der Waals surface area (Å²) in [6.07, 6.45) is 4.58. The number of rotatable bonds is 7. The summed E-state index contributed by atoms with van der Waals surface area (Å²) in [6.45, 7) is 3.46. The lowest BCUT2D eigenvalue weighted by Gasteiger charge is -2.19. The third kappa shape index (κ3) is 5.23. The number of nitriles is 1. The average molecular weight is 541 g/mol. The molecule has 0 aliphatic rings. The van der Waals surface area contributed by atoms with Crippen molar-refractivity contribution in [3.05, 3.63) is 89.1 Å². The lowest BCUT2D eigenvalue weighted by molar-refractivity contribution is 0.0935. The molecule has 0 fully saturated rings. The SMILES string of the molecule is CC(NC(=O)c1nc(C#N)cnc1NC(C)c1ccc(-c2cnc3n[nH]c(N)c3c2)nc1)c1ccc(F)c(F)c1. The van der Waals surface area contributed by atoms with E-state index in [0.717, 1.165) is 23.3 Å². The van der Waals surface area contributed by atoms with Gasteiger partial charge in [-0.3, -0.25) is 14.9 Å². The molecule has 0 spiro atoms. The first kappa shape index (κ1) is 26.1. The topological polar surface area (TPSA) is 171 Å². The number of benzene rings is 1. The molecule has 2 atom stereocenters. The van der Waals surface area contributed by atoms with Crippen LogP contribution in [-0.4, -0.2) is 36.0 Å². The number of carbonyl (C=O) groups is 1. The lowest BCUT2D eigenvalue weighted by atomic mass is 10.1. The predicted octanol–water partition coefficient (Wildman–Crippen LogP) is 4.21. The molecule has 11 nitrogen and oxygen atoms in total. The van der Waals surface area contributed by atoms with Crippen LogP contribution in [0.25, 0.3) is 22.3 Å². The molecule has 4 aromatic heterocycles. The Morgan fingerprint density at radius 2 is 1.80 bits per heavy atom. The Morgan fingerprint density at radius 1 is 1.00 bits per heavy atom. The summed E-state index contributed by atoms with van der Waals surface area (Å²) in [4.78, 5) is 30.3. The minimum absolute atomic E-state index is 0.0568. The molecule has 5 aromatic rings. The molecule has 40 heavy (non-hydrogen) atoms. The maximum absolute atomic E-state index is 13.7. The van der Waals surface area contributed by atoms with Crippen LogP contribution in [0.3, 0.4) is 0 Å². The molecule has 5 N–H and O–H groups in total. The smallest absolute Gasteiger partial charge is 0.274 e. The van der Waals surface area contributed by atoms with Crippen molar-refractivity contribution in [2.24, 2.45) is 0 Å². The van der Waals surface area contributed by atoms with Crippen LogP contribution in [0, 0.1) is 23.0 Å². The van der Waals surface area contributed by atoms with Crippen LogP contribution in [0.4, 0.5) is 20.4 Å². The third-order valence-electron chi connectivity index (χ3n) is 6.27. The zero-order valence-electron chi connectivity index (χ0n) is 21.3. The molecule has 0 aliphatic carbocycles. The van der Waals surface area contributed by atoms with Gasteiger partial charge in [0.05, 0.1) is 29.4 Å².